The lowest BCUT2D eigenvalue weighted by atomic mass is 9.51. The topological polar surface area (TPSA) is 49.4 Å². The van der Waals surface area contributed by atoms with Gasteiger partial charge in [-0.15, -0.1) is 0 Å². The van der Waals surface area contributed by atoms with E-state index in [0.717, 1.165) is 37.8 Å². The minimum atomic E-state index is 0.102. The van der Waals surface area contributed by atoms with Crippen LogP contribution in [0.1, 0.15) is 44.9 Å². The maximum absolute atomic E-state index is 12.6. The molecule has 0 atom stereocenters. The first-order valence-corrected chi connectivity index (χ1v) is 8.76. The second-order valence-corrected chi connectivity index (χ2v) is 7.76. The van der Waals surface area contributed by atoms with E-state index in [-0.39, 0.29) is 24.3 Å². The van der Waals surface area contributed by atoms with Crippen LogP contribution in [0.15, 0.2) is 0 Å². The fourth-order valence-corrected chi connectivity index (χ4v) is 5.71. The third-order valence-corrected chi connectivity index (χ3v) is 6.40. The van der Waals surface area contributed by atoms with Gasteiger partial charge in [-0.3, -0.25) is 9.59 Å². The zero-order valence-corrected chi connectivity index (χ0v) is 12.7. The van der Waals surface area contributed by atoms with Crippen molar-refractivity contribution in [2.24, 2.45) is 29.6 Å². The third-order valence-electron chi connectivity index (χ3n) is 6.40. The van der Waals surface area contributed by atoms with Crippen molar-refractivity contribution in [3.63, 3.8) is 0 Å². The zero-order valence-electron chi connectivity index (χ0n) is 12.7. The highest BCUT2D eigenvalue weighted by molar-refractivity contribution is 5.86. The van der Waals surface area contributed by atoms with Gasteiger partial charge in [0.15, 0.2) is 0 Å². The lowest BCUT2D eigenvalue weighted by molar-refractivity contribution is -0.141. The number of carbonyl (C=O) groups excluding carboxylic acids is 2. The van der Waals surface area contributed by atoms with Crippen LogP contribution in [-0.4, -0.2) is 36.3 Å². The Morgan fingerprint density at radius 1 is 0.905 bits per heavy atom. The van der Waals surface area contributed by atoms with E-state index in [0.29, 0.717) is 11.8 Å². The molecule has 5 fully saturated rings. The van der Waals surface area contributed by atoms with Gasteiger partial charge in [0, 0.05) is 19.0 Å². The van der Waals surface area contributed by atoms with E-state index in [1.165, 1.54) is 32.1 Å². The molecule has 4 heteroatoms. The van der Waals surface area contributed by atoms with Crippen LogP contribution in [0.25, 0.3) is 0 Å². The first-order chi connectivity index (χ1) is 10.2. The maximum atomic E-state index is 12.6. The number of rotatable bonds is 3. The van der Waals surface area contributed by atoms with Crippen LogP contribution in [0.3, 0.4) is 0 Å². The van der Waals surface area contributed by atoms with E-state index in [4.69, 9.17) is 0 Å². The molecule has 1 aliphatic heterocycles. The highest BCUT2D eigenvalue weighted by Crippen LogP contribution is 2.56. The number of nitrogens with zero attached hydrogens (tertiary/aromatic N) is 1. The summed E-state index contributed by atoms with van der Waals surface area (Å²) in [6.07, 6.45) is 8.64. The number of hydrogen-bond donors (Lipinski definition) is 1. The lowest BCUT2D eigenvalue weighted by Crippen LogP contribution is -2.52. The van der Waals surface area contributed by atoms with Crippen molar-refractivity contribution >= 4 is 11.8 Å². The van der Waals surface area contributed by atoms with Crippen molar-refractivity contribution < 1.29 is 9.59 Å². The molecule has 5 rings (SSSR count). The first-order valence-electron chi connectivity index (χ1n) is 8.76. The van der Waals surface area contributed by atoms with Gasteiger partial charge < -0.3 is 10.2 Å². The van der Waals surface area contributed by atoms with Crippen LogP contribution < -0.4 is 5.32 Å². The molecule has 0 spiro atoms. The summed E-state index contributed by atoms with van der Waals surface area (Å²) in [7, 11) is 0. The molecule has 1 N–H and O–H groups in total. The van der Waals surface area contributed by atoms with E-state index in [1.54, 1.807) is 0 Å². The van der Waals surface area contributed by atoms with Crippen molar-refractivity contribution in [2.45, 2.75) is 44.9 Å². The average Bonchev–Trinajstić information content (AvgIpc) is 2.97. The first kappa shape index (κ1) is 13.6. The molecular weight excluding hydrogens is 264 g/mol. The highest BCUT2D eigenvalue weighted by atomic mass is 16.2. The van der Waals surface area contributed by atoms with Gasteiger partial charge in [0.2, 0.25) is 11.8 Å². The van der Waals surface area contributed by atoms with Gasteiger partial charge in [-0.25, -0.2) is 0 Å². The summed E-state index contributed by atoms with van der Waals surface area (Å²) in [5.41, 5.74) is 0. The summed E-state index contributed by atoms with van der Waals surface area (Å²) in [4.78, 5) is 26.5. The van der Waals surface area contributed by atoms with Crippen LogP contribution in [0.2, 0.25) is 0 Å². The molecule has 0 unspecified atom stereocenters. The SMILES string of the molecule is O=C(NCC(=O)N1CCCC1)C1C2CC3CC(C2)CC1C3. The molecule has 0 aromatic heterocycles. The van der Waals surface area contributed by atoms with Gasteiger partial charge in [-0.2, -0.15) is 0 Å². The number of nitrogens with one attached hydrogen (secondary N) is 1. The molecule has 116 valence electrons. The Morgan fingerprint density at radius 3 is 2.05 bits per heavy atom. The van der Waals surface area contributed by atoms with E-state index < -0.39 is 0 Å². The number of amides is 2. The summed E-state index contributed by atoms with van der Waals surface area (Å²) >= 11 is 0. The van der Waals surface area contributed by atoms with Crippen molar-refractivity contribution in [3.05, 3.63) is 0 Å². The van der Waals surface area contributed by atoms with Crippen LogP contribution >= 0.6 is 0 Å². The fraction of sp³-hybridized carbons (Fsp3) is 0.882. The molecule has 4 nitrogen and oxygen atoms in total. The lowest BCUT2D eigenvalue weighted by Gasteiger charge is -2.53. The van der Waals surface area contributed by atoms with E-state index in [9.17, 15) is 9.59 Å². The molecule has 4 saturated carbocycles. The Kier molecular flexibility index (Phi) is 3.43. The molecule has 2 amide bonds. The predicted molar refractivity (Wildman–Crippen MR) is 79.4 cm³/mol. The predicted octanol–water partition coefficient (Wildman–Crippen LogP) is 1.80. The third kappa shape index (κ3) is 2.47. The average molecular weight is 290 g/mol. The Morgan fingerprint density at radius 2 is 1.48 bits per heavy atom. The van der Waals surface area contributed by atoms with Crippen LogP contribution in [-0.2, 0) is 9.59 Å². The molecule has 0 aromatic carbocycles. The molecule has 1 heterocycles. The Hall–Kier alpha value is -1.06. The summed E-state index contributed by atoms with van der Waals surface area (Å²) in [5.74, 6) is 3.45. The highest BCUT2D eigenvalue weighted by Gasteiger charge is 2.50. The number of hydrogen-bond acceptors (Lipinski definition) is 2. The van der Waals surface area contributed by atoms with Crippen LogP contribution in [0.5, 0.6) is 0 Å². The Balaban J connectivity index is 1.34. The molecule has 1 saturated heterocycles. The van der Waals surface area contributed by atoms with E-state index >= 15 is 0 Å². The van der Waals surface area contributed by atoms with Crippen LogP contribution in [0.4, 0.5) is 0 Å². The largest absolute Gasteiger partial charge is 0.347 e. The summed E-state index contributed by atoms with van der Waals surface area (Å²) in [6.45, 7) is 1.95. The van der Waals surface area contributed by atoms with E-state index in [1.807, 2.05) is 4.90 Å². The molecular formula is C17H26N2O2. The quantitative estimate of drug-likeness (QED) is 0.861. The molecule has 0 radical (unpaired) electrons. The molecule has 4 bridgehead atoms. The van der Waals surface area contributed by atoms with Gasteiger partial charge >= 0.3 is 0 Å². The van der Waals surface area contributed by atoms with Crippen LogP contribution in [0, 0.1) is 29.6 Å². The molecule has 21 heavy (non-hydrogen) atoms. The normalized spacial score (nSPS) is 40.6. The van der Waals surface area contributed by atoms with Gasteiger partial charge in [0.05, 0.1) is 6.54 Å². The smallest absolute Gasteiger partial charge is 0.241 e. The van der Waals surface area contributed by atoms with Gasteiger partial charge in [-0.1, -0.05) is 0 Å². The van der Waals surface area contributed by atoms with Gasteiger partial charge in [-0.05, 0) is 68.6 Å². The summed E-state index contributed by atoms with van der Waals surface area (Å²) < 4.78 is 0. The van der Waals surface area contributed by atoms with Gasteiger partial charge in [0.1, 0.15) is 0 Å². The second kappa shape index (κ2) is 5.29. The fourth-order valence-electron chi connectivity index (χ4n) is 5.71. The molecule has 4 aliphatic carbocycles. The maximum Gasteiger partial charge on any atom is 0.241 e. The Bertz CT molecular complexity index is 414. The Labute approximate surface area is 126 Å². The molecule has 5 aliphatic rings. The standard InChI is InChI=1S/C17H26N2O2/c20-15(19-3-1-2-4-19)10-18-17(21)16-13-6-11-5-12(8-13)9-14(16)7-11/h11-14,16H,1-10H2,(H,18,21). The minimum Gasteiger partial charge on any atom is -0.347 e. The van der Waals surface area contributed by atoms with Crippen molar-refractivity contribution in [1.82, 2.24) is 10.2 Å². The minimum absolute atomic E-state index is 0.102. The van der Waals surface area contributed by atoms with Crippen molar-refractivity contribution in [3.8, 4) is 0 Å². The number of carbonyl (C=O) groups is 2. The van der Waals surface area contributed by atoms with E-state index in [2.05, 4.69) is 5.32 Å². The monoisotopic (exact) mass is 290 g/mol. The summed E-state index contributed by atoms with van der Waals surface area (Å²) in [6, 6.07) is 0. The molecule has 0 aromatic rings. The summed E-state index contributed by atoms with van der Waals surface area (Å²) in [5, 5.41) is 2.96. The van der Waals surface area contributed by atoms with Crippen molar-refractivity contribution in [1.29, 1.82) is 0 Å². The van der Waals surface area contributed by atoms with Crippen molar-refractivity contribution in [2.75, 3.05) is 19.6 Å². The second-order valence-electron chi connectivity index (χ2n) is 7.76. The van der Waals surface area contributed by atoms with Gasteiger partial charge in [0.25, 0.3) is 0 Å². The zero-order chi connectivity index (χ0) is 14.4. The number of likely N-dealkylation sites (tertiary alicyclic amines) is 1.